The van der Waals surface area contributed by atoms with Crippen molar-refractivity contribution in [3.63, 3.8) is 0 Å². The molecule has 0 bridgehead atoms. The number of aromatic nitrogens is 2. The number of hydrogen-bond donors (Lipinski definition) is 1. The third-order valence-corrected chi connectivity index (χ3v) is 3.48. The first-order valence-corrected chi connectivity index (χ1v) is 6.06. The van der Waals surface area contributed by atoms with E-state index in [0.29, 0.717) is 12.8 Å². The Morgan fingerprint density at radius 3 is 2.93 bits per heavy atom. The van der Waals surface area contributed by atoms with Crippen LogP contribution in [-0.4, -0.2) is 27.8 Å². The molecule has 6 heteroatoms. The Morgan fingerprint density at radius 1 is 1.73 bits per heavy atom. The van der Waals surface area contributed by atoms with Gasteiger partial charge in [-0.2, -0.15) is 8.42 Å². The Hall–Kier alpha value is -1.14. The van der Waals surface area contributed by atoms with Gasteiger partial charge in [0.2, 0.25) is 0 Å². The number of rotatable bonds is 5. The molecule has 0 fully saturated rings. The van der Waals surface area contributed by atoms with Crippen LogP contribution in [0.4, 0.5) is 0 Å². The Kier molecular flexibility index (Phi) is 3.65. The zero-order valence-electron chi connectivity index (χ0n) is 8.50. The Morgan fingerprint density at radius 2 is 2.40 bits per heavy atom. The summed E-state index contributed by atoms with van der Waals surface area (Å²) in [4.78, 5) is 4.06. The van der Waals surface area contributed by atoms with E-state index < -0.39 is 15.4 Å². The lowest BCUT2D eigenvalue weighted by Gasteiger charge is -2.07. The lowest BCUT2D eigenvalue weighted by Crippen LogP contribution is -2.17. The average molecular weight is 230 g/mol. The van der Waals surface area contributed by atoms with Crippen molar-refractivity contribution in [1.82, 2.24) is 9.55 Å². The number of nitrogens with zero attached hydrogens (tertiary/aromatic N) is 2. The summed E-state index contributed by atoms with van der Waals surface area (Å²) in [6.45, 7) is 5.06. The van der Waals surface area contributed by atoms with Gasteiger partial charge in [0.15, 0.2) is 0 Å². The minimum atomic E-state index is -3.94. The van der Waals surface area contributed by atoms with Crippen LogP contribution < -0.4 is 0 Å². The van der Waals surface area contributed by atoms with Gasteiger partial charge in [-0.05, 0) is 13.3 Å². The maximum atomic E-state index is 10.8. The van der Waals surface area contributed by atoms with Gasteiger partial charge in [-0.3, -0.25) is 4.55 Å². The molecule has 1 N–H and O–H groups in total. The fraction of sp³-hybridized carbons (Fsp3) is 0.444. The lowest BCUT2D eigenvalue weighted by atomic mass is 10.2. The number of imidazole rings is 1. The molecule has 0 aromatic carbocycles. The third-order valence-electron chi connectivity index (χ3n) is 2.23. The quantitative estimate of drug-likeness (QED) is 0.771. The summed E-state index contributed by atoms with van der Waals surface area (Å²) in [5.41, 5.74) is 0. The van der Waals surface area contributed by atoms with E-state index in [9.17, 15) is 8.42 Å². The molecule has 0 aliphatic carbocycles. The maximum Gasteiger partial charge on any atom is 0.267 e. The van der Waals surface area contributed by atoms with E-state index in [1.54, 1.807) is 23.2 Å². The number of aryl methyl sites for hydroxylation is 1. The minimum Gasteiger partial charge on any atom is -0.311 e. The predicted octanol–water partition coefficient (Wildman–Crippen LogP) is 1.19. The van der Waals surface area contributed by atoms with Gasteiger partial charge in [0, 0.05) is 25.0 Å². The topological polar surface area (TPSA) is 72.2 Å². The van der Waals surface area contributed by atoms with Crippen LogP contribution in [0.15, 0.2) is 19.0 Å². The highest BCUT2D eigenvalue weighted by Gasteiger charge is 2.17. The summed E-state index contributed by atoms with van der Waals surface area (Å²) >= 11 is 0. The van der Waals surface area contributed by atoms with Crippen molar-refractivity contribution in [1.29, 1.82) is 0 Å². The summed E-state index contributed by atoms with van der Waals surface area (Å²) in [5, 5.41) is -0.771. The molecule has 84 valence electrons. The first-order chi connectivity index (χ1) is 6.95. The van der Waals surface area contributed by atoms with E-state index in [4.69, 9.17) is 4.55 Å². The van der Waals surface area contributed by atoms with Crippen molar-refractivity contribution in [2.45, 2.75) is 25.0 Å². The van der Waals surface area contributed by atoms with Crippen molar-refractivity contribution in [2.75, 3.05) is 0 Å². The van der Waals surface area contributed by atoms with Crippen molar-refractivity contribution in [2.24, 2.45) is 0 Å². The van der Waals surface area contributed by atoms with Gasteiger partial charge in [0.05, 0.1) is 5.25 Å². The zero-order valence-corrected chi connectivity index (χ0v) is 9.31. The summed E-state index contributed by atoms with van der Waals surface area (Å²) in [7, 11) is -3.94. The van der Waals surface area contributed by atoms with Crippen LogP contribution in [0, 0.1) is 0 Å². The fourth-order valence-corrected chi connectivity index (χ4v) is 1.60. The first kappa shape index (κ1) is 11.9. The molecule has 0 spiro atoms. The highest BCUT2D eigenvalue weighted by molar-refractivity contribution is 7.86. The zero-order chi connectivity index (χ0) is 11.5. The van der Waals surface area contributed by atoms with Gasteiger partial charge in [-0.15, -0.1) is 0 Å². The lowest BCUT2D eigenvalue weighted by molar-refractivity contribution is 0.465. The summed E-state index contributed by atoms with van der Waals surface area (Å²) in [5.74, 6) is 0.737. The Bertz CT molecular complexity index is 436. The molecule has 0 aliphatic rings. The van der Waals surface area contributed by atoms with Gasteiger partial charge in [-0.25, -0.2) is 4.98 Å². The molecule has 1 rings (SSSR count). The largest absolute Gasteiger partial charge is 0.311 e. The highest BCUT2D eigenvalue weighted by Crippen LogP contribution is 2.08. The molecule has 0 radical (unpaired) electrons. The van der Waals surface area contributed by atoms with Gasteiger partial charge in [-0.1, -0.05) is 6.58 Å². The smallest absolute Gasteiger partial charge is 0.267 e. The van der Waals surface area contributed by atoms with E-state index in [0.717, 1.165) is 5.82 Å². The standard InChI is InChI=1S/C9H14N2O3S/c1-3-11-7-6-10-9(11)5-4-8(2)15(12,13)14/h3,6-8H,1,4-5H2,2H3,(H,12,13,14). The average Bonchev–Trinajstić information content (AvgIpc) is 2.59. The summed E-state index contributed by atoms with van der Waals surface area (Å²) in [6, 6.07) is 0. The van der Waals surface area contributed by atoms with Crippen molar-refractivity contribution in [3.8, 4) is 0 Å². The molecule has 1 aromatic heterocycles. The highest BCUT2D eigenvalue weighted by atomic mass is 32.2. The molecule has 5 nitrogen and oxygen atoms in total. The summed E-state index contributed by atoms with van der Waals surface area (Å²) < 4.78 is 32.0. The molecular weight excluding hydrogens is 216 g/mol. The second-order valence-corrected chi connectivity index (χ2v) is 5.13. The van der Waals surface area contributed by atoms with Gasteiger partial charge >= 0.3 is 0 Å². The van der Waals surface area contributed by atoms with Crippen LogP contribution >= 0.6 is 0 Å². The molecule has 0 saturated carbocycles. The Balaban J connectivity index is 2.62. The molecule has 0 saturated heterocycles. The first-order valence-electron chi connectivity index (χ1n) is 4.55. The molecule has 1 atom stereocenters. The number of hydrogen-bond acceptors (Lipinski definition) is 3. The van der Waals surface area contributed by atoms with Crippen LogP contribution in [0.1, 0.15) is 19.2 Å². The summed E-state index contributed by atoms with van der Waals surface area (Å²) in [6.07, 6.45) is 5.78. The molecular formula is C9H14N2O3S. The van der Waals surface area contributed by atoms with Crippen molar-refractivity contribution in [3.05, 3.63) is 24.8 Å². The minimum absolute atomic E-state index is 0.337. The van der Waals surface area contributed by atoms with Crippen LogP contribution in [0.2, 0.25) is 0 Å². The second kappa shape index (κ2) is 4.59. The molecule has 15 heavy (non-hydrogen) atoms. The van der Waals surface area contributed by atoms with E-state index in [-0.39, 0.29) is 0 Å². The van der Waals surface area contributed by atoms with Crippen LogP contribution in [-0.2, 0) is 16.5 Å². The Labute approximate surface area is 89.2 Å². The van der Waals surface area contributed by atoms with E-state index in [1.165, 1.54) is 6.92 Å². The van der Waals surface area contributed by atoms with Crippen molar-refractivity contribution >= 4 is 16.3 Å². The van der Waals surface area contributed by atoms with Gasteiger partial charge in [0.25, 0.3) is 10.1 Å². The molecule has 1 heterocycles. The predicted molar refractivity (Wildman–Crippen MR) is 57.9 cm³/mol. The maximum absolute atomic E-state index is 10.8. The molecule has 1 aromatic rings. The van der Waals surface area contributed by atoms with Gasteiger partial charge < -0.3 is 4.57 Å². The van der Waals surface area contributed by atoms with Crippen LogP contribution in [0.25, 0.3) is 6.20 Å². The van der Waals surface area contributed by atoms with Crippen LogP contribution in [0.5, 0.6) is 0 Å². The fourth-order valence-electron chi connectivity index (χ4n) is 1.19. The van der Waals surface area contributed by atoms with E-state index >= 15 is 0 Å². The molecule has 0 amide bonds. The normalized spacial score (nSPS) is 13.7. The third kappa shape index (κ3) is 3.17. The SMILES string of the molecule is C=Cn1ccnc1CCC(C)S(=O)(=O)O. The van der Waals surface area contributed by atoms with Gasteiger partial charge in [0.1, 0.15) is 5.82 Å². The second-order valence-electron chi connectivity index (χ2n) is 3.30. The monoisotopic (exact) mass is 230 g/mol. The van der Waals surface area contributed by atoms with Crippen LogP contribution in [0.3, 0.4) is 0 Å². The molecule has 1 unspecified atom stereocenters. The molecule has 0 aliphatic heterocycles. The van der Waals surface area contributed by atoms with E-state index in [1.807, 2.05) is 0 Å². The van der Waals surface area contributed by atoms with E-state index in [2.05, 4.69) is 11.6 Å². The van der Waals surface area contributed by atoms with Crippen molar-refractivity contribution < 1.29 is 13.0 Å².